The number of para-hydroxylation sites is 1. The number of hydrogen-bond acceptors (Lipinski definition) is 4. The van der Waals surface area contributed by atoms with Crippen LogP contribution in [0.15, 0.2) is 18.2 Å². The molecule has 0 aliphatic carbocycles. The van der Waals surface area contributed by atoms with Gasteiger partial charge in [0.1, 0.15) is 0 Å². The van der Waals surface area contributed by atoms with E-state index in [4.69, 9.17) is 9.47 Å². The van der Waals surface area contributed by atoms with Crippen molar-refractivity contribution in [3.8, 4) is 11.5 Å². The van der Waals surface area contributed by atoms with Gasteiger partial charge in [-0.2, -0.15) is 0 Å². The Bertz CT molecular complexity index is 423. The molecule has 0 spiro atoms. The molecule has 1 aromatic rings. The second kappa shape index (κ2) is 8.17. The third-order valence-electron chi connectivity index (χ3n) is 2.69. The molecule has 19 heavy (non-hydrogen) atoms. The second-order valence-corrected chi connectivity index (χ2v) is 5.88. The summed E-state index contributed by atoms with van der Waals surface area (Å²) in [7, 11) is 0.858. The Morgan fingerprint density at radius 1 is 1.42 bits per heavy atom. The van der Waals surface area contributed by atoms with Crippen molar-refractivity contribution in [1.29, 1.82) is 0 Å². The monoisotopic (exact) mass is 285 g/mol. The lowest BCUT2D eigenvalue weighted by molar-refractivity contribution is 0.308. The molecule has 1 rings (SSSR count). The molecule has 108 valence electrons. The minimum Gasteiger partial charge on any atom is -0.493 e. The molecule has 0 bridgehead atoms. The summed E-state index contributed by atoms with van der Waals surface area (Å²) in [4.78, 5) is 0. The first kappa shape index (κ1) is 16.0. The zero-order valence-electron chi connectivity index (χ0n) is 12.1. The number of rotatable bonds is 8. The normalized spacial score (nSPS) is 13.9. The molecule has 0 heterocycles. The maximum absolute atomic E-state index is 11.2. The van der Waals surface area contributed by atoms with Crippen molar-refractivity contribution in [3.05, 3.63) is 23.8 Å². The van der Waals surface area contributed by atoms with Crippen LogP contribution in [0.2, 0.25) is 0 Å². The molecule has 2 unspecified atom stereocenters. The van der Waals surface area contributed by atoms with E-state index >= 15 is 0 Å². The summed E-state index contributed by atoms with van der Waals surface area (Å²) in [5.74, 6) is 2.17. The summed E-state index contributed by atoms with van der Waals surface area (Å²) in [5.41, 5.74) is 1.04. The first-order chi connectivity index (χ1) is 9.08. The highest BCUT2D eigenvalue weighted by atomic mass is 32.2. The Morgan fingerprint density at radius 3 is 2.74 bits per heavy atom. The third kappa shape index (κ3) is 5.20. The van der Waals surface area contributed by atoms with Gasteiger partial charge in [-0.25, -0.2) is 0 Å². The van der Waals surface area contributed by atoms with Crippen LogP contribution in [0.1, 0.15) is 19.4 Å². The van der Waals surface area contributed by atoms with Crippen LogP contribution in [0, 0.1) is 0 Å². The molecule has 4 nitrogen and oxygen atoms in total. The van der Waals surface area contributed by atoms with Crippen LogP contribution in [-0.4, -0.2) is 36.0 Å². The van der Waals surface area contributed by atoms with Gasteiger partial charge in [-0.3, -0.25) is 4.21 Å². The van der Waals surface area contributed by atoms with Crippen molar-refractivity contribution in [3.63, 3.8) is 0 Å². The number of methoxy groups -OCH3 is 1. The van der Waals surface area contributed by atoms with E-state index in [-0.39, 0.29) is 6.04 Å². The highest BCUT2D eigenvalue weighted by molar-refractivity contribution is 7.84. The Labute approximate surface area is 118 Å². The standard InChI is InChI=1S/C14H23NO3S/c1-5-18-13-8-6-7-12(14(13)17-3)9-15-11(2)10-19(4)16/h6-8,11,15H,5,9-10H2,1-4H3. The second-order valence-electron chi connectivity index (χ2n) is 4.40. The SMILES string of the molecule is CCOc1cccc(CNC(C)CS(C)=O)c1OC. The molecule has 0 aliphatic rings. The van der Waals surface area contributed by atoms with Crippen LogP contribution in [0.5, 0.6) is 11.5 Å². The maximum atomic E-state index is 11.2. The van der Waals surface area contributed by atoms with Crippen LogP contribution in [0.3, 0.4) is 0 Å². The van der Waals surface area contributed by atoms with Crippen molar-refractivity contribution >= 4 is 10.8 Å². The molecule has 0 saturated carbocycles. The Hall–Kier alpha value is -1.07. The van der Waals surface area contributed by atoms with Crippen LogP contribution >= 0.6 is 0 Å². The van der Waals surface area contributed by atoms with Crippen LogP contribution in [0.4, 0.5) is 0 Å². The van der Waals surface area contributed by atoms with E-state index in [1.54, 1.807) is 13.4 Å². The van der Waals surface area contributed by atoms with Crippen molar-refractivity contribution < 1.29 is 13.7 Å². The molecule has 1 N–H and O–H groups in total. The van der Waals surface area contributed by atoms with Gasteiger partial charge in [0.05, 0.1) is 13.7 Å². The number of benzene rings is 1. The Morgan fingerprint density at radius 2 is 2.16 bits per heavy atom. The number of ether oxygens (including phenoxy) is 2. The number of hydrogen-bond donors (Lipinski definition) is 1. The first-order valence-electron chi connectivity index (χ1n) is 6.40. The third-order valence-corrected chi connectivity index (χ3v) is 3.66. The van der Waals surface area contributed by atoms with E-state index in [2.05, 4.69) is 5.32 Å². The van der Waals surface area contributed by atoms with Gasteiger partial charge < -0.3 is 14.8 Å². The Balaban J connectivity index is 2.72. The molecular weight excluding hydrogens is 262 g/mol. The quantitative estimate of drug-likeness (QED) is 0.793. The van der Waals surface area contributed by atoms with Crippen LogP contribution in [-0.2, 0) is 17.3 Å². The lowest BCUT2D eigenvalue weighted by atomic mass is 10.1. The van der Waals surface area contributed by atoms with Gasteiger partial charge in [-0.1, -0.05) is 12.1 Å². The lowest BCUT2D eigenvalue weighted by Gasteiger charge is -2.16. The van der Waals surface area contributed by atoms with Crippen molar-refractivity contribution in [1.82, 2.24) is 5.32 Å². The van der Waals surface area contributed by atoms with Crippen LogP contribution < -0.4 is 14.8 Å². The molecule has 0 aliphatic heterocycles. The van der Waals surface area contributed by atoms with E-state index < -0.39 is 10.8 Å². The number of nitrogens with one attached hydrogen (secondary N) is 1. The topological polar surface area (TPSA) is 47.6 Å². The molecule has 2 atom stereocenters. The molecule has 0 radical (unpaired) electrons. The van der Waals surface area contributed by atoms with Gasteiger partial charge in [0, 0.05) is 41.0 Å². The lowest BCUT2D eigenvalue weighted by Crippen LogP contribution is -2.30. The van der Waals surface area contributed by atoms with Gasteiger partial charge >= 0.3 is 0 Å². The van der Waals surface area contributed by atoms with Crippen LogP contribution in [0.25, 0.3) is 0 Å². The van der Waals surface area contributed by atoms with Crippen molar-refractivity contribution in [2.24, 2.45) is 0 Å². The van der Waals surface area contributed by atoms with Gasteiger partial charge in [-0.05, 0) is 19.9 Å². The average molecular weight is 285 g/mol. The summed E-state index contributed by atoms with van der Waals surface area (Å²) in [5, 5.41) is 3.35. The van der Waals surface area contributed by atoms with E-state index in [1.807, 2.05) is 32.0 Å². The van der Waals surface area contributed by atoms with E-state index in [9.17, 15) is 4.21 Å². The molecular formula is C14H23NO3S. The minimum absolute atomic E-state index is 0.200. The van der Waals surface area contributed by atoms with Gasteiger partial charge in [-0.15, -0.1) is 0 Å². The zero-order valence-corrected chi connectivity index (χ0v) is 12.9. The minimum atomic E-state index is -0.787. The van der Waals surface area contributed by atoms with E-state index in [0.29, 0.717) is 18.9 Å². The van der Waals surface area contributed by atoms with Gasteiger partial charge in [0.15, 0.2) is 11.5 Å². The van der Waals surface area contributed by atoms with E-state index in [0.717, 1.165) is 17.1 Å². The zero-order chi connectivity index (χ0) is 14.3. The largest absolute Gasteiger partial charge is 0.493 e. The van der Waals surface area contributed by atoms with Crippen molar-refractivity contribution in [2.45, 2.75) is 26.4 Å². The fraction of sp³-hybridized carbons (Fsp3) is 0.571. The molecule has 1 aromatic carbocycles. The summed E-state index contributed by atoms with van der Waals surface area (Å²) >= 11 is 0. The van der Waals surface area contributed by atoms with E-state index in [1.165, 1.54) is 0 Å². The molecule has 0 fully saturated rings. The highest BCUT2D eigenvalue weighted by Crippen LogP contribution is 2.30. The average Bonchev–Trinajstić information content (AvgIpc) is 2.36. The summed E-state index contributed by atoms with van der Waals surface area (Å²) in [6.45, 7) is 5.25. The molecule has 0 amide bonds. The fourth-order valence-electron chi connectivity index (χ4n) is 1.90. The summed E-state index contributed by atoms with van der Waals surface area (Å²) < 4.78 is 22.1. The summed E-state index contributed by atoms with van der Waals surface area (Å²) in [6.07, 6.45) is 1.72. The summed E-state index contributed by atoms with van der Waals surface area (Å²) in [6, 6.07) is 6.05. The van der Waals surface area contributed by atoms with Crippen molar-refractivity contribution in [2.75, 3.05) is 25.7 Å². The predicted octanol–water partition coefficient (Wildman–Crippen LogP) is 1.95. The van der Waals surface area contributed by atoms with Gasteiger partial charge in [0.2, 0.25) is 0 Å². The first-order valence-corrected chi connectivity index (χ1v) is 8.13. The highest BCUT2D eigenvalue weighted by Gasteiger charge is 2.11. The molecule has 5 heteroatoms. The molecule has 0 aromatic heterocycles. The molecule has 0 saturated heterocycles. The predicted molar refractivity (Wildman–Crippen MR) is 79.4 cm³/mol. The Kier molecular flexibility index (Phi) is 6.87. The fourth-order valence-corrected chi connectivity index (χ4v) is 2.72. The van der Waals surface area contributed by atoms with Gasteiger partial charge in [0.25, 0.3) is 0 Å². The maximum Gasteiger partial charge on any atom is 0.165 e. The smallest absolute Gasteiger partial charge is 0.165 e.